The predicted octanol–water partition coefficient (Wildman–Crippen LogP) is 2.29. The molecule has 1 aromatic rings. The normalized spacial score (nSPS) is 14.1. The summed E-state index contributed by atoms with van der Waals surface area (Å²) >= 11 is 0. The zero-order chi connectivity index (χ0) is 20.8. The van der Waals surface area contributed by atoms with Crippen LogP contribution < -0.4 is 15.6 Å². The Hall–Kier alpha value is -3.22. The molecular weight excluding hydrogens is 360 g/mol. The molecule has 1 aliphatic carbocycles. The highest BCUT2D eigenvalue weighted by Crippen LogP contribution is 2.26. The average Bonchev–Trinajstić information content (AvgIpc) is 2.68. The number of ether oxygens (including phenoxy) is 1. The highest BCUT2D eigenvalue weighted by Gasteiger charge is 2.27. The number of nitrogens with one attached hydrogen (secondary N) is 2. The second kappa shape index (κ2) is 9.12. The first-order valence-corrected chi connectivity index (χ1v) is 8.98. The van der Waals surface area contributed by atoms with Crippen molar-refractivity contribution in [1.82, 2.24) is 10.9 Å². The number of hydrazine groups is 1. The topological polar surface area (TPSA) is 102 Å². The molecule has 0 spiro atoms. The summed E-state index contributed by atoms with van der Waals surface area (Å²) in [6.45, 7) is 5.28. The molecule has 0 heterocycles. The number of amides is 2. The van der Waals surface area contributed by atoms with Crippen LogP contribution in [-0.4, -0.2) is 30.5 Å². The first kappa shape index (κ1) is 21.1. The molecule has 0 bridgehead atoms. The van der Waals surface area contributed by atoms with Crippen LogP contribution in [0.2, 0.25) is 0 Å². The van der Waals surface area contributed by atoms with Crippen molar-refractivity contribution in [3.8, 4) is 5.75 Å². The monoisotopic (exact) mass is 384 g/mol. The van der Waals surface area contributed by atoms with Gasteiger partial charge >= 0.3 is 0 Å². The third-order valence-corrected chi connectivity index (χ3v) is 4.52. The molecule has 0 unspecified atom stereocenters. The Morgan fingerprint density at radius 1 is 1.14 bits per heavy atom. The standard InChI is InChI=1S/C21H24N2O5/c1-12(2)17-11-18(24)13(3)16(20(17)26)8-9-19(25)22-23-21(27)14-6-5-7-15(10-14)28-4/h5-7,10-12H,8-9H2,1-4H3,(H,22,25)(H,23,27). The van der Waals surface area contributed by atoms with Crippen LogP contribution in [0.5, 0.6) is 5.75 Å². The lowest BCUT2D eigenvalue weighted by Gasteiger charge is -2.19. The SMILES string of the molecule is COc1cccc(C(=O)NNC(=O)CCC2=C(C)C(=O)C=C(C(C)C)C2=O)c1. The second-order valence-corrected chi connectivity index (χ2v) is 6.79. The van der Waals surface area contributed by atoms with E-state index in [1.165, 1.54) is 13.2 Å². The largest absolute Gasteiger partial charge is 0.497 e. The van der Waals surface area contributed by atoms with Crippen LogP contribution in [0.3, 0.4) is 0 Å². The fourth-order valence-corrected chi connectivity index (χ4v) is 2.80. The van der Waals surface area contributed by atoms with Gasteiger partial charge in [-0.2, -0.15) is 0 Å². The van der Waals surface area contributed by atoms with E-state index in [4.69, 9.17) is 4.74 Å². The number of carbonyl (C=O) groups is 4. The Bertz CT molecular complexity index is 881. The number of Topliss-reactive ketones (excluding diaryl/α,β-unsaturated/α-hetero) is 1. The number of ketones is 2. The van der Waals surface area contributed by atoms with Crippen LogP contribution in [0.25, 0.3) is 0 Å². The maximum atomic E-state index is 12.6. The number of hydrogen-bond acceptors (Lipinski definition) is 5. The summed E-state index contributed by atoms with van der Waals surface area (Å²) in [5.41, 5.74) is 6.15. The van der Waals surface area contributed by atoms with E-state index < -0.39 is 11.8 Å². The van der Waals surface area contributed by atoms with Crippen LogP contribution in [0.15, 0.2) is 47.1 Å². The van der Waals surface area contributed by atoms with Gasteiger partial charge in [-0.25, -0.2) is 0 Å². The van der Waals surface area contributed by atoms with Gasteiger partial charge in [0.1, 0.15) is 5.75 Å². The zero-order valence-electron chi connectivity index (χ0n) is 16.4. The van der Waals surface area contributed by atoms with Gasteiger partial charge in [0, 0.05) is 28.7 Å². The van der Waals surface area contributed by atoms with Crippen LogP contribution in [-0.2, 0) is 14.4 Å². The molecule has 1 aromatic carbocycles. The number of carbonyl (C=O) groups excluding carboxylic acids is 4. The molecule has 0 radical (unpaired) electrons. The lowest BCUT2D eigenvalue weighted by molar-refractivity contribution is -0.122. The predicted molar refractivity (Wildman–Crippen MR) is 103 cm³/mol. The molecule has 28 heavy (non-hydrogen) atoms. The second-order valence-electron chi connectivity index (χ2n) is 6.79. The fourth-order valence-electron chi connectivity index (χ4n) is 2.80. The van der Waals surface area contributed by atoms with Crippen molar-refractivity contribution in [1.29, 1.82) is 0 Å². The van der Waals surface area contributed by atoms with Crippen molar-refractivity contribution in [3.63, 3.8) is 0 Å². The van der Waals surface area contributed by atoms with E-state index in [-0.39, 0.29) is 30.3 Å². The molecule has 2 N–H and O–H groups in total. The number of methoxy groups -OCH3 is 1. The molecule has 0 aromatic heterocycles. The quantitative estimate of drug-likeness (QED) is 0.579. The molecular formula is C21H24N2O5. The summed E-state index contributed by atoms with van der Waals surface area (Å²) in [5.74, 6) is -0.897. The third-order valence-electron chi connectivity index (χ3n) is 4.52. The van der Waals surface area contributed by atoms with E-state index in [9.17, 15) is 19.2 Å². The van der Waals surface area contributed by atoms with E-state index in [1.54, 1.807) is 31.2 Å². The number of hydrogen-bond donors (Lipinski definition) is 2. The van der Waals surface area contributed by atoms with Crippen molar-refractivity contribution >= 4 is 23.4 Å². The van der Waals surface area contributed by atoms with Gasteiger partial charge in [0.25, 0.3) is 5.91 Å². The molecule has 2 rings (SSSR count). The Kier molecular flexibility index (Phi) is 6.87. The van der Waals surface area contributed by atoms with E-state index in [1.807, 2.05) is 13.8 Å². The van der Waals surface area contributed by atoms with Gasteiger partial charge in [-0.15, -0.1) is 0 Å². The molecule has 7 heteroatoms. The first-order chi connectivity index (χ1) is 13.2. The molecule has 7 nitrogen and oxygen atoms in total. The Labute approximate surface area is 163 Å². The van der Waals surface area contributed by atoms with Gasteiger partial charge in [-0.1, -0.05) is 19.9 Å². The summed E-state index contributed by atoms with van der Waals surface area (Å²) in [5, 5.41) is 0. The maximum absolute atomic E-state index is 12.6. The van der Waals surface area contributed by atoms with Crippen LogP contribution in [0, 0.1) is 5.92 Å². The molecule has 0 fully saturated rings. The van der Waals surface area contributed by atoms with Gasteiger partial charge in [0.2, 0.25) is 5.91 Å². The number of rotatable bonds is 6. The molecule has 148 valence electrons. The highest BCUT2D eigenvalue weighted by molar-refractivity contribution is 6.22. The number of benzene rings is 1. The summed E-state index contributed by atoms with van der Waals surface area (Å²) in [6, 6.07) is 6.50. The van der Waals surface area contributed by atoms with Gasteiger partial charge in [-0.05, 0) is 43.5 Å². The third kappa shape index (κ3) is 4.94. The van der Waals surface area contributed by atoms with Crippen molar-refractivity contribution < 1.29 is 23.9 Å². The smallest absolute Gasteiger partial charge is 0.269 e. The Balaban J connectivity index is 1.93. The minimum absolute atomic E-state index is 0.0323. The van der Waals surface area contributed by atoms with Crippen molar-refractivity contribution in [2.45, 2.75) is 33.6 Å². The van der Waals surface area contributed by atoms with Gasteiger partial charge in [0.15, 0.2) is 11.6 Å². The molecule has 2 amide bonds. The minimum atomic E-state index is -0.489. The van der Waals surface area contributed by atoms with Gasteiger partial charge in [-0.3, -0.25) is 30.0 Å². The number of allylic oxidation sites excluding steroid dienone is 4. The first-order valence-electron chi connectivity index (χ1n) is 8.98. The van der Waals surface area contributed by atoms with E-state index in [0.29, 0.717) is 28.0 Å². The molecule has 0 saturated carbocycles. The van der Waals surface area contributed by atoms with E-state index in [0.717, 1.165) is 0 Å². The van der Waals surface area contributed by atoms with Gasteiger partial charge in [0.05, 0.1) is 7.11 Å². The highest BCUT2D eigenvalue weighted by atomic mass is 16.5. The molecule has 0 saturated heterocycles. The van der Waals surface area contributed by atoms with Crippen molar-refractivity contribution in [2.75, 3.05) is 7.11 Å². The summed E-state index contributed by atoms with van der Waals surface area (Å²) in [7, 11) is 1.49. The lowest BCUT2D eigenvalue weighted by Crippen LogP contribution is -2.41. The summed E-state index contributed by atoms with van der Waals surface area (Å²) < 4.78 is 5.05. The molecule has 0 aliphatic heterocycles. The fraction of sp³-hybridized carbons (Fsp3) is 0.333. The Morgan fingerprint density at radius 2 is 1.86 bits per heavy atom. The van der Waals surface area contributed by atoms with Crippen LogP contribution in [0.1, 0.15) is 44.0 Å². The summed E-state index contributed by atoms with van der Waals surface area (Å²) in [4.78, 5) is 48.8. The average molecular weight is 384 g/mol. The van der Waals surface area contributed by atoms with Crippen molar-refractivity contribution in [3.05, 3.63) is 52.6 Å². The molecule has 1 aliphatic rings. The lowest BCUT2D eigenvalue weighted by atomic mass is 9.83. The van der Waals surface area contributed by atoms with Crippen LogP contribution in [0.4, 0.5) is 0 Å². The van der Waals surface area contributed by atoms with Gasteiger partial charge < -0.3 is 4.74 Å². The summed E-state index contributed by atoms with van der Waals surface area (Å²) in [6.07, 6.45) is 1.47. The minimum Gasteiger partial charge on any atom is -0.497 e. The Morgan fingerprint density at radius 3 is 2.50 bits per heavy atom. The van der Waals surface area contributed by atoms with Crippen LogP contribution >= 0.6 is 0 Å². The maximum Gasteiger partial charge on any atom is 0.269 e. The van der Waals surface area contributed by atoms with E-state index in [2.05, 4.69) is 10.9 Å². The zero-order valence-corrected chi connectivity index (χ0v) is 16.4. The van der Waals surface area contributed by atoms with Crippen molar-refractivity contribution in [2.24, 2.45) is 5.92 Å². The van der Waals surface area contributed by atoms with E-state index >= 15 is 0 Å². The molecule has 0 atom stereocenters.